The van der Waals surface area contributed by atoms with Crippen molar-refractivity contribution in [2.45, 2.75) is 14.9 Å². The number of halogens is 2. The molecule has 1 heterocycles. The van der Waals surface area contributed by atoms with Crippen molar-refractivity contribution in [3.05, 3.63) is 59.6 Å². The van der Waals surface area contributed by atoms with Gasteiger partial charge in [0.05, 0.1) is 0 Å². The van der Waals surface area contributed by atoms with Crippen LogP contribution in [0.25, 0.3) is 0 Å². The minimum atomic E-state index is -4.05. The minimum absolute atomic E-state index is 0.126. The molecule has 1 N–H and O–H groups in total. The van der Waals surface area contributed by atoms with Gasteiger partial charge in [0.2, 0.25) is 0 Å². The fourth-order valence-corrected chi connectivity index (χ4v) is 4.00. The Kier molecular flexibility index (Phi) is 4.98. The van der Waals surface area contributed by atoms with Crippen LogP contribution in [0.1, 0.15) is 0 Å². The number of sulfonamides is 1. The molecule has 0 radical (unpaired) electrons. The van der Waals surface area contributed by atoms with Crippen molar-refractivity contribution < 1.29 is 12.8 Å². The quantitative estimate of drug-likeness (QED) is 0.711. The Morgan fingerprint density at radius 2 is 1.92 bits per heavy atom. The number of aromatic nitrogens is 3. The lowest BCUT2D eigenvalue weighted by molar-refractivity contribution is 0.570. The maximum absolute atomic E-state index is 13.8. The van der Waals surface area contributed by atoms with E-state index in [1.54, 1.807) is 35.2 Å². The molecule has 0 saturated carbocycles. The van der Waals surface area contributed by atoms with Gasteiger partial charge in [0.25, 0.3) is 10.0 Å². The van der Waals surface area contributed by atoms with Gasteiger partial charge in [-0.15, -0.1) is 10.2 Å². The molecule has 6 nitrogen and oxygen atoms in total. The van der Waals surface area contributed by atoms with Crippen LogP contribution in [0.5, 0.6) is 0 Å². The molecular formula is C15H12ClFN4O2S2. The van der Waals surface area contributed by atoms with E-state index in [-0.39, 0.29) is 5.02 Å². The predicted molar refractivity (Wildman–Crippen MR) is 93.8 cm³/mol. The Morgan fingerprint density at radius 1 is 1.20 bits per heavy atom. The molecule has 0 bridgehead atoms. The summed E-state index contributed by atoms with van der Waals surface area (Å²) in [6.45, 7) is 0. The topological polar surface area (TPSA) is 76.9 Å². The SMILES string of the molecule is Cn1cnnc1Sc1ccc(NS(=O)(=O)c2ccc(Cl)cc2F)cc1. The molecule has 0 saturated heterocycles. The maximum atomic E-state index is 13.8. The Balaban J connectivity index is 1.77. The van der Waals surface area contributed by atoms with Gasteiger partial charge in [-0.05, 0) is 54.2 Å². The van der Waals surface area contributed by atoms with Crippen molar-refractivity contribution >= 4 is 39.1 Å². The van der Waals surface area contributed by atoms with Crippen molar-refractivity contribution in [1.82, 2.24) is 14.8 Å². The molecule has 0 aliphatic rings. The van der Waals surface area contributed by atoms with E-state index in [1.165, 1.54) is 17.8 Å². The summed E-state index contributed by atoms with van der Waals surface area (Å²) in [6.07, 6.45) is 1.59. The minimum Gasteiger partial charge on any atom is -0.311 e. The zero-order chi connectivity index (χ0) is 18.0. The number of anilines is 1. The van der Waals surface area contributed by atoms with Crippen LogP contribution in [0.15, 0.2) is 63.7 Å². The summed E-state index contributed by atoms with van der Waals surface area (Å²) >= 11 is 7.03. The second kappa shape index (κ2) is 7.03. The number of nitrogens with zero attached hydrogens (tertiary/aromatic N) is 3. The first-order valence-electron chi connectivity index (χ1n) is 6.95. The van der Waals surface area contributed by atoms with Gasteiger partial charge in [-0.1, -0.05) is 11.6 Å². The zero-order valence-corrected chi connectivity index (χ0v) is 15.2. The van der Waals surface area contributed by atoms with Gasteiger partial charge in [-0.2, -0.15) is 0 Å². The molecule has 2 aromatic carbocycles. The lowest BCUT2D eigenvalue weighted by Gasteiger charge is -2.09. The molecule has 0 aliphatic heterocycles. The first kappa shape index (κ1) is 17.7. The Labute approximate surface area is 153 Å². The fraction of sp³-hybridized carbons (Fsp3) is 0.0667. The van der Waals surface area contributed by atoms with E-state index in [0.717, 1.165) is 17.0 Å². The molecule has 0 unspecified atom stereocenters. The smallest absolute Gasteiger partial charge is 0.264 e. The molecule has 0 atom stereocenters. The number of nitrogens with one attached hydrogen (secondary N) is 1. The predicted octanol–water partition coefficient (Wildman–Crippen LogP) is 3.56. The molecule has 0 fully saturated rings. The van der Waals surface area contributed by atoms with Gasteiger partial charge in [-0.25, -0.2) is 12.8 Å². The highest BCUT2D eigenvalue weighted by atomic mass is 35.5. The van der Waals surface area contributed by atoms with Crippen molar-refractivity contribution in [2.75, 3.05) is 4.72 Å². The number of benzene rings is 2. The van der Waals surface area contributed by atoms with E-state index in [0.29, 0.717) is 10.8 Å². The van der Waals surface area contributed by atoms with Crippen LogP contribution in [0.2, 0.25) is 5.02 Å². The van der Waals surface area contributed by atoms with Gasteiger partial charge in [0.15, 0.2) is 5.16 Å². The lowest BCUT2D eigenvalue weighted by atomic mass is 10.3. The monoisotopic (exact) mass is 398 g/mol. The van der Waals surface area contributed by atoms with Crippen LogP contribution >= 0.6 is 23.4 Å². The molecule has 0 spiro atoms. The standard InChI is InChI=1S/C15H12ClFN4O2S2/c1-21-9-18-19-15(21)24-12-5-3-11(4-6-12)20-25(22,23)14-7-2-10(16)8-13(14)17/h2-9,20H,1H3. The average Bonchev–Trinajstić information content (AvgIpc) is 2.93. The summed E-state index contributed by atoms with van der Waals surface area (Å²) < 4.78 is 42.5. The van der Waals surface area contributed by atoms with E-state index >= 15 is 0 Å². The van der Waals surface area contributed by atoms with Crippen molar-refractivity contribution in [3.63, 3.8) is 0 Å². The highest BCUT2D eigenvalue weighted by molar-refractivity contribution is 7.99. The maximum Gasteiger partial charge on any atom is 0.264 e. The normalized spacial score (nSPS) is 11.5. The van der Waals surface area contributed by atoms with E-state index in [9.17, 15) is 12.8 Å². The largest absolute Gasteiger partial charge is 0.311 e. The Morgan fingerprint density at radius 3 is 2.52 bits per heavy atom. The van der Waals surface area contributed by atoms with Crippen LogP contribution < -0.4 is 4.72 Å². The third kappa shape index (κ3) is 4.12. The van der Waals surface area contributed by atoms with E-state index in [2.05, 4.69) is 14.9 Å². The summed E-state index contributed by atoms with van der Waals surface area (Å²) in [6, 6.07) is 10.0. The van der Waals surface area contributed by atoms with E-state index in [4.69, 9.17) is 11.6 Å². The first-order valence-corrected chi connectivity index (χ1v) is 9.63. The van der Waals surface area contributed by atoms with Gasteiger partial charge in [0, 0.05) is 22.7 Å². The van der Waals surface area contributed by atoms with Gasteiger partial charge in [-0.3, -0.25) is 4.72 Å². The number of hydrogen-bond donors (Lipinski definition) is 1. The van der Waals surface area contributed by atoms with Crippen LogP contribution in [0, 0.1) is 5.82 Å². The molecule has 130 valence electrons. The fourth-order valence-electron chi connectivity index (χ4n) is 1.96. The number of aryl methyl sites for hydroxylation is 1. The lowest BCUT2D eigenvalue weighted by Crippen LogP contribution is -2.14. The van der Waals surface area contributed by atoms with Crippen LogP contribution in [0.3, 0.4) is 0 Å². The highest BCUT2D eigenvalue weighted by Gasteiger charge is 2.19. The average molecular weight is 399 g/mol. The molecule has 10 heteroatoms. The third-order valence-corrected chi connectivity index (χ3v) is 5.88. The summed E-state index contributed by atoms with van der Waals surface area (Å²) in [4.78, 5) is 0.395. The van der Waals surface area contributed by atoms with Crippen molar-refractivity contribution in [1.29, 1.82) is 0 Å². The molecule has 0 amide bonds. The van der Waals surface area contributed by atoms with Crippen LogP contribution in [-0.4, -0.2) is 23.2 Å². The first-order chi connectivity index (χ1) is 11.8. The summed E-state index contributed by atoms with van der Waals surface area (Å²) in [5.74, 6) is -0.908. The Bertz CT molecular complexity index is 1010. The second-order valence-corrected chi connectivity index (χ2v) is 8.16. The van der Waals surface area contributed by atoms with Gasteiger partial charge < -0.3 is 4.57 Å². The number of rotatable bonds is 5. The van der Waals surface area contributed by atoms with E-state index in [1.807, 2.05) is 7.05 Å². The zero-order valence-electron chi connectivity index (χ0n) is 12.8. The van der Waals surface area contributed by atoms with Crippen LogP contribution in [0.4, 0.5) is 10.1 Å². The van der Waals surface area contributed by atoms with E-state index < -0.39 is 20.7 Å². The number of hydrogen-bond acceptors (Lipinski definition) is 5. The highest BCUT2D eigenvalue weighted by Crippen LogP contribution is 2.27. The molecule has 25 heavy (non-hydrogen) atoms. The molecular weight excluding hydrogens is 387 g/mol. The molecule has 3 rings (SSSR count). The molecule has 3 aromatic rings. The third-order valence-electron chi connectivity index (χ3n) is 3.17. The van der Waals surface area contributed by atoms with Crippen molar-refractivity contribution in [3.8, 4) is 0 Å². The molecule has 0 aliphatic carbocycles. The molecule has 1 aromatic heterocycles. The summed E-state index contributed by atoms with van der Waals surface area (Å²) in [7, 11) is -2.22. The van der Waals surface area contributed by atoms with Crippen LogP contribution in [-0.2, 0) is 17.1 Å². The van der Waals surface area contributed by atoms with Crippen molar-refractivity contribution in [2.24, 2.45) is 7.05 Å². The summed E-state index contributed by atoms with van der Waals surface area (Å²) in [5, 5.41) is 8.58. The Hall–Kier alpha value is -2.10. The summed E-state index contributed by atoms with van der Waals surface area (Å²) in [5.41, 5.74) is 0.316. The second-order valence-electron chi connectivity index (χ2n) is 5.03. The van der Waals surface area contributed by atoms with Gasteiger partial charge in [0.1, 0.15) is 17.0 Å². The van der Waals surface area contributed by atoms with Gasteiger partial charge >= 0.3 is 0 Å².